The van der Waals surface area contributed by atoms with Crippen molar-refractivity contribution in [1.82, 2.24) is 4.98 Å². The lowest BCUT2D eigenvalue weighted by Crippen LogP contribution is -2.27. The first-order valence-corrected chi connectivity index (χ1v) is 7.80. The first kappa shape index (κ1) is 15.4. The van der Waals surface area contributed by atoms with E-state index < -0.39 is 5.97 Å². The average Bonchev–Trinajstić information content (AvgIpc) is 2.82. The van der Waals surface area contributed by atoms with Crippen LogP contribution in [0.15, 0.2) is 53.7 Å². The number of aromatic carboxylic acids is 1. The minimum atomic E-state index is -0.987. The number of carboxylic acid groups (broad SMARTS) is 1. The van der Waals surface area contributed by atoms with E-state index in [0.29, 0.717) is 14.9 Å². The molecule has 1 saturated heterocycles. The van der Waals surface area contributed by atoms with Gasteiger partial charge in [-0.2, -0.15) is 0 Å². The van der Waals surface area contributed by atoms with Gasteiger partial charge in [0.15, 0.2) is 4.32 Å². The van der Waals surface area contributed by atoms with Crippen molar-refractivity contribution in [2.45, 2.75) is 0 Å². The fourth-order valence-electron chi connectivity index (χ4n) is 2.05. The van der Waals surface area contributed by atoms with E-state index in [1.54, 1.807) is 42.7 Å². The lowest BCUT2D eigenvalue weighted by Gasteiger charge is -2.13. The monoisotopic (exact) mass is 342 g/mol. The molecule has 23 heavy (non-hydrogen) atoms. The molecule has 0 unspecified atom stereocenters. The summed E-state index contributed by atoms with van der Waals surface area (Å²) in [5.41, 5.74) is 1.56. The van der Waals surface area contributed by atoms with E-state index in [0.717, 1.165) is 5.56 Å². The van der Waals surface area contributed by atoms with E-state index in [1.165, 1.54) is 28.8 Å². The van der Waals surface area contributed by atoms with Crippen LogP contribution in [0.4, 0.5) is 5.69 Å². The smallest absolute Gasteiger partial charge is 0.335 e. The molecular weight excluding hydrogens is 332 g/mol. The van der Waals surface area contributed by atoms with Gasteiger partial charge in [0, 0.05) is 6.20 Å². The molecule has 7 heteroatoms. The quantitative estimate of drug-likeness (QED) is 0.682. The molecular formula is C16H10N2O3S2. The summed E-state index contributed by atoms with van der Waals surface area (Å²) in [7, 11) is 0. The molecule has 0 aliphatic carbocycles. The van der Waals surface area contributed by atoms with Gasteiger partial charge in [0.25, 0.3) is 5.91 Å². The van der Waals surface area contributed by atoms with Crippen LogP contribution in [0.25, 0.3) is 6.08 Å². The van der Waals surface area contributed by atoms with Crippen LogP contribution in [0.3, 0.4) is 0 Å². The molecule has 1 amide bonds. The predicted octanol–water partition coefficient (Wildman–Crippen LogP) is 3.19. The highest BCUT2D eigenvalue weighted by atomic mass is 32.2. The topological polar surface area (TPSA) is 70.5 Å². The van der Waals surface area contributed by atoms with Gasteiger partial charge in [0.05, 0.1) is 22.4 Å². The molecule has 0 radical (unpaired) electrons. The summed E-state index contributed by atoms with van der Waals surface area (Å²) < 4.78 is 0.441. The minimum Gasteiger partial charge on any atom is -0.478 e. The molecule has 3 rings (SSSR count). The number of nitrogens with zero attached hydrogens (tertiary/aromatic N) is 2. The zero-order valence-electron chi connectivity index (χ0n) is 11.7. The zero-order chi connectivity index (χ0) is 16.4. The number of thioether (sulfide) groups is 1. The minimum absolute atomic E-state index is 0.199. The van der Waals surface area contributed by atoms with Crippen molar-refractivity contribution in [3.63, 3.8) is 0 Å². The molecule has 1 aliphatic rings. The Morgan fingerprint density at radius 1 is 1.26 bits per heavy atom. The number of carboxylic acids is 1. The third-order valence-electron chi connectivity index (χ3n) is 3.15. The molecule has 0 bridgehead atoms. The summed E-state index contributed by atoms with van der Waals surface area (Å²) in [6, 6.07) is 9.80. The highest BCUT2D eigenvalue weighted by Crippen LogP contribution is 2.35. The van der Waals surface area contributed by atoms with Gasteiger partial charge in [-0.3, -0.25) is 14.7 Å². The van der Waals surface area contributed by atoms with Crippen molar-refractivity contribution in [2.75, 3.05) is 4.90 Å². The van der Waals surface area contributed by atoms with E-state index in [2.05, 4.69) is 4.98 Å². The maximum Gasteiger partial charge on any atom is 0.335 e. The Balaban J connectivity index is 1.88. The van der Waals surface area contributed by atoms with Crippen LogP contribution < -0.4 is 4.90 Å². The number of aromatic nitrogens is 1. The number of anilines is 1. The number of pyridine rings is 1. The Labute approximate surface area is 141 Å². The van der Waals surface area contributed by atoms with E-state index in [-0.39, 0.29) is 11.5 Å². The lowest BCUT2D eigenvalue weighted by atomic mass is 10.1. The molecule has 1 aromatic heterocycles. The third-order valence-corrected chi connectivity index (χ3v) is 4.46. The Bertz CT molecular complexity index is 817. The van der Waals surface area contributed by atoms with Gasteiger partial charge in [-0.25, -0.2) is 4.79 Å². The van der Waals surface area contributed by atoms with E-state index in [4.69, 9.17) is 17.3 Å². The molecule has 2 aromatic rings. The SMILES string of the molecule is O=C(O)c1ccc(/C=C2\SC(=S)N(c3cccnc3)C2=O)cc1. The van der Waals surface area contributed by atoms with Crippen molar-refractivity contribution < 1.29 is 14.7 Å². The van der Waals surface area contributed by atoms with Crippen LogP contribution in [-0.4, -0.2) is 26.3 Å². The average molecular weight is 342 g/mol. The molecule has 0 spiro atoms. The lowest BCUT2D eigenvalue weighted by molar-refractivity contribution is -0.113. The molecule has 1 fully saturated rings. The maximum absolute atomic E-state index is 12.5. The van der Waals surface area contributed by atoms with Gasteiger partial charge < -0.3 is 5.11 Å². The largest absolute Gasteiger partial charge is 0.478 e. The van der Waals surface area contributed by atoms with Crippen molar-refractivity contribution >= 4 is 51.9 Å². The molecule has 0 saturated carbocycles. The fourth-order valence-corrected chi connectivity index (χ4v) is 3.35. The molecule has 1 aromatic carbocycles. The van der Waals surface area contributed by atoms with Crippen molar-refractivity contribution in [2.24, 2.45) is 0 Å². The number of benzene rings is 1. The molecule has 0 atom stereocenters. The number of hydrogen-bond donors (Lipinski definition) is 1. The van der Waals surface area contributed by atoms with Gasteiger partial charge in [0.2, 0.25) is 0 Å². The molecule has 1 N–H and O–H groups in total. The summed E-state index contributed by atoms with van der Waals surface area (Å²) in [5.74, 6) is -1.20. The number of hydrogen-bond acceptors (Lipinski definition) is 5. The number of carbonyl (C=O) groups is 2. The molecule has 1 aliphatic heterocycles. The summed E-state index contributed by atoms with van der Waals surface area (Å²) >= 11 is 6.48. The number of rotatable bonds is 3. The van der Waals surface area contributed by atoms with Gasteiger partial charge >= 0.3 is 5.97 Å². The number of thiocarbonyl (C=S) groups is 1. The normalized spacial score (nSPS) is 16.2. The van der Waals surface area contributed by atoms with Crippen molar-refractivity contribution in [1.29, 1.82) is 0 Å². The fraction of sp³-hybridized carbons (Fsp3) is 0. The summed E-state index contributed by atoms with van der Waals surface area (Å²) in [6.45, 7) is 0. The Morgan fingerprint density at radius 2 is 2.00 bits per heavy atom. The first-order chi connectivity index (χ1) is 11.1. The van der Waals surface area contributed by atoms with Gasteiger partial charge in [-0.1, -0.05) is 36.1 Å². The molecule has 5 nitrogen and oxygen atoms in total. The van der Waals surface area contributed by atoms with Gasteiger partial charge in [-0.15, -0.1) is 0 Å². The third kappa shape index (κ3) is 3.15. The summed E-state index contributed by atoms with van der Waals surface area (Å²) in [4.78, 5) is 29.3. The van der Waals surface area contributed by atoms with Crippen LogP contribution in [0, 0.1) is 0 Å². The number of carbonyl (C=O) groups excluding carboxylic acids is 1. The second-order valence-electron chi connectivity index (χ2n) is 4.66. The van der Waals surface area contributed by atoms with Crippen LogP contribution in [0.1, 0.15) is 15.9 Å². The molecule has 114 valence electrons. The van der Waals surface area contributed by atoms with Crippen LogP contribution in [0.2, 0.25) is 0 Å². The van der Waals surface area contributed by atoms with Gasteiger partial charge in [-0.05, 0) is 35.9 Å². The summed E-state index contributed by atoms with van der Waals surface area (Å²) in [6.07, 6.45) is 4.90. The second kappa shape index (κ2) is 6.31. The van der Waals surface area contributed by atoms with Crippen LogP contribution in [-0.2, 0) is 4.79 Å². The maximum atomic E-state index is 12.5. The van der Waals surface area contributed by atoms with E-state index in [9.17, 15) is 9.59 Å². The Morgan fingerprint density at radius 3 is 2.61 bits per heavy atom. The zero-order valence-corrected chi connectivity index (χ0v) is 13.3. The Hall–Kier alpha value is -2.51. The predicted molar refractivity (Wildman–Crippen MR) is 93.3 cm³/mol. The second-order valence-corrected chi connectivity index (χ2v) is 6.33. The van der Waals surface area contributed by atoms with Crippen molar-refractivity contribution in [3.05, 3.63) is 64.8 Å². The highest BCUT2D eigenvalue weighted by molar-refractivity contribution is 8.27. The van der Waals surface area contributed by atoms with Crippen molar-refractivity contribution in [3.8, 4) is 0 Å². The Kier molecular flexibility index (Phi) is 4.22. The number of amides is 1. The summed E-state index contributed by atoms with van der Waals surface area (Å²) in [5, 5.41) is 8.89. The standard InChI is InChI=1S/C16H10N2O3S2/c19-14-13(8-10-3-5-11(6-4-10)15(20)21)23-16(22)18(14)12-2-1-7-17-9-12/h1-9H,(H,20,21)/b13-8-. The van der Waals surface area contributed by atoms with Gasteiger partial charge in [0.1, 0.15) is 0 Å². The van der Waals surface area contributed by atoms with Crippen LogP contribution >= 0.6 is 24.0 Å². The van der Waals surface area contributed by atoms with E-state index in [1.807, 2.05) is 0 Å². The van der Waals surface area contributed by atoms with Crippen LogP contribution in [0.5, 0.6) is 0 Å². The highest BCUT2D eigenvalue weighted by Gasteiger charge is 2.33. The molecule has 2 heterocycles. The first-order valence-electron chi connectivity index (χ1n) is 6.57. The van der Waals surface area contributed by atoms with E-state index >= 15 is 0 Å².